The molecule has 0 radical (unpaired) electrons. The van der Waals surface area contributed by atoms with Gasteiger partial charge >= 0.3 is 0 Å². The molecule has 0 atom stereocenters. The number of fused-ring (bicyclic) bond motifs is 1. The molecule has 19 heavy (non-hydrogen) atoms. The maximum atomic E-state index is 12.1. The van der Waals surface area contributed by atoms with Gasteiger partial charge in [-0.05, 0) is 29.4 Å². The zero-order valence-electron chi connectivity index (χ0n) is 12.4. The van der Waals surface area contributed by atoms with E-state index in [1.165, 1.54) is 4.52 Å². The van der Waals surface area contributed by atoms with Crippen molar-refractivity contribution in [2.24, 2.45) is 11.3 Å². The van der Waals surface area contributed by atoms with E-state index in [0.29, 0.717) is 5.92 Å². The number of hydrogen-bond acceptors (Lipinski definition) is 2. The second-order valence-electron chi connectivity index (χ2n) is 6.90. The number of aromatic nitrogens is 3. The Morgan fingerprint density at radius 2 is 2.00 bits per heavy atom. The lowest BCUT2D eigenvalue weighted by Gasteiger charge is -2.15. The van der Waals surface area contributed by atoms with E-state index >= 15 is 0 Å². The highest BCUT2D eigenvalue weighted by molar-refractivity contribution is 5.40. The highest BCUT2D eigenvalue weighted by Crippen LogP contribution is 2.18. The molecule has 0 amide bonds. The van der Waals surface area contributed by atoms with Crippen LogP contribution in [0.4, 0.5) is 0 Å². The van der Waals surface area contributed by atoms with Crippen molar-refractivity contribution >= 4 is 5.65 Å². The Morgan fingerprint density at radius 1 is 1.32 bits per heavy atom. The van der Waals surface area contributed by atoms with E-state index in [1.54, 1.807) is 6.07 Å². The molecule has 0 aromatic carbocycles. The van der Waals surface area contributed by atoms with Crippen LogP contribution in [0.1, 0.15) is 46.0 Å². The zero-order chi connectivity index (χ0) is 14.2. The number of aromatic amines is 1. The van der Waals surface area contributed by atoms with E-state index in [-0.39, 0.29) is 11.0 Å². The lowest BCUT2D eigenvalue weighted by atomic mass is 9.92. The molecule has 0 fully saturated rings. The summed E-state index contributed by atoms with van der Waals surface area (Å²) in [6, 6.07) is 3.70. The van der Waals surface area contributed by atoms with Gasteiger partial charge in [-0.3, -0.25) is 9.89 Å². The summed E-state index contributed by atoms with van der Waals surface area (Å²) in [6.07, 6.45) is 1.74. The molecule has 104 valence electrons. The minimum Gasteiger partial charge on any atom is -0.276 e. The first kappa shape index (κ1) is 13.8. The van der Waals surface area contributed by atoms with Crippen LogP contribution in [-0.2, 0) is 12.8 Å². The standard InChI is InChI=1S/C15H23N3O/c1-10(2)6-11-7-13-16-12(9-15(3,4)5)17-18(13)14(19)8-11/h7-8,10H,6,9H2,1-5H3,(H,16,17). The largest absolute Gasteiger partial charge is 0.276 e. The summed E-state index contributed by atoms with van der Waals surface area (Å²) >= 11 is 0. The summed E-state index contributed by atoms with van der Waals surface area (Å²) in [6.45, 7) is 10.8. The van der Waals surface area contributed by atoms with Crippen LogP contribution in [0.15, 0.2) is 16.9 Å². The smallest absolute Gasteiger partial charge is 0.271 e. The predicted molar refractivity (Wildman–Crippen MR) is 77.5 cm³/mol. The van der Waals surface area contributed by atoms with Gasteiger partial charge in [-0.2, -0.15) is 0 Å². The Hall–Kier alpha value is -1.58. The number of pyridine rings is 1. The molecule has 4 heteroatoms. The first-order valence-corrected chi connectivity index (χ1v) is 6.85. The molecule has 2 rings (SSSR count). The van der Waals surface area contributed by atoms with Crippen molar-refractivity contribution in [2.45, 2.75) is 47.5 Å². The third-order valence-corrected chi connectivity index (χ3v) is 2.90. The van der Waals surface area contributed by atoms with Crippen molar-refractivity contribution < 1.29 is 0 Å². The molecule has 0 aliphatic heterocycles. The normalized spacial score (nSPS) is 12.5. The van der Waals surface area contributed by atoms with Gasteiger partial charge in [-0.15, -0.1) is 0 Å². The molecule has 0 spiro atoms. The molecule has 0 bridgehead atoms. The third kappa shape index (κ3) is 3.46. The van der Waals surface area contributed by atoms with Crippen LogP contribution >= 0.6 is 0 Å². The second-order valence-corrected chi connectivity index (χ2v) is 6.90. The van der Waals surface area contributed by atoms with E-state index in [9.17, 15) is 4.79 Å². The number of nitrogens with one attached hydrogen (secondary N) is 1. The number of nitrogens with zero attached hydrogens (tertiary/aromatic N) is 2. The Bertz CT molecular complexity index is 629. The van der Waals surface area contributed by atoms with E-state index in [1.807, 2.05) is 6.07 Å². The maximum Gasteiger partial charge on any atom is 0.271 e. The summed E-state index contributed by atoms with van der Waals surface area (Å²) < 4.78 is 1.53. The minimum atomic E-state index is -0.0270. The average Bonchev–Trinajstić information content (AvgIpc) is 2.56. The summed E-state index contributed by atoms with van der Waals surface area (Å²) in [7, 11) is 0. The highest BCUT2D eigenvalue weighted by Gasteiger charge is 2.15. The second kappa shape index (κ2) is 4.83. The Kier molecular flexibility index (Phi) is 3.52. The summed E-state index contributed by atoms with van der Waals surface area (Å²) in [4.78, 5) is 16.6. The molecular formula is C15H23N3O. The highest BCUT2D eigenvalue weighted by atomic mass is 16.1. The molecule has 0 saturated carbocycles. The molecule has 0 saturated heterocycles. The van der Waals surface area contributed by atoms with Gasteiger partial charge in [-0.25, -0.2) is 9.50 Å². The Morgan fingerprint density at radius 3 is 2.58 bits per heavy atom. The topological polar surface area (TPSA) is 50.2 Å². The van der Waals surface area contributed by atoms with E-state index in [4.69, 9.17) is 0 Å². The Balaban J connectivity index is 2.42. The van der Waals surface area contributed by atoms with Crippen LogP contribution in [-0.4, -0.2) is 14.6 Å². The van der Waals surface area contributed by atoms with Gasteiger partial charge in [0.1, 0.15) is 5.82 Å². The molecule has 2 aromatic rings. The van der Waals surface area contributed by atoms with Crippen molar-refractivity contribution in [3.05, 3.63) is 33.9 Å². The lowest BCUT2D eigenvalue weighted by molar-refractivity contribution is 0.400. The van der Waals surface area contributed by atoms with Crippen LogP contribution in [0.5, 0.6) is 0 Å². The van der Waals surface area contributed by atoms with Gasteiger partial charge in [0.15, 0.2) is 5.65 Å². The van der Waals surface area contributed by atoms with E-state index in [0.717, 1.165) is 29.9 Å². The monoisotopic (exact) mass is 261 g/mol. The van der Waals surface area contributed by atoms with Crippen molar-refractivity contribution in [2.75, 3.05) is 0 Å². The van der Waals surface area contributed by atoms with Crippen LogP contribution < -0.4 is 5.56 Å². The van der Waals surface area contributed by atoms with E-state index in [2.05, 4.69) is 44.7 Å². The molecule has 0 aliphatic carbocycles. The third-order valence-electron chi connectivity index (χ3n) is 2.90. The number of rotatable bonds is 3. The zero-order valence-corrected chi connectivity index (χ0v) is 12.4. The molecule has 0 aliphatic rings. The maximum absolute atomic E-state index is 12.1. The van der Waals surface area contributed by atoms with Crippen molar-refractivity contribution in [1.29, 1.82) is 0 Å². The predicted octanol–water partition coefficient (Wildman–Crippen LogP) is 2.81. The number of H-pyrrole nitrogens is 1. The van der Waals surface area contributed by atoms with Crippen LogP contribution in [0, 0.1) is 11.3 Å². The fourth-order valence-electron chi connectivity index (χ4n) is 2.27. The first-order valence-electron chi connectivity index (χ1n) is 6.85. The summed E-state index contributed by atoms with van der Waals surface area (Å²) in [5, 5.41) is 3.09. The first-order chi connectivity index (χ1) is 8.74. The van der Waals surface area contributed by atoms with Gasteiger partial charge in [0.2, 0.25) is 0 Å². The van der Waals surface area contributed by atoms with Crippen molar-refractivity contribution in [3.8, 4) is 0 Å². The van der Waals surface area contributed by atoms with Gasteiger partial charge in [0.05, 0.1) is 0 Å². The van der Waals surface area contributed by atoms with Gasteiger partial charge in [0.25, 0.3) is 5.56 Å². The van der Waals surface area contributed by atoms with Crippen molar-refractivity contribution in [3.63, 3.8) is 0 Å². The molecule has 1 N–H and O–H groups in total. The molecule has 2 aromatic heterocycles. The molecule has 2 heterocycles. The molecular weight excluding hydrogens is 238 g/mol. The SMILES string of the molecule is CC(C)Cc1cc(=O)n2[nH]c(CC(C)(C)C)nc2c1. The van der Waals surface area contributed by atoms with Crippen LogP contribution in [0.2, 0.25) is 0 Å². The van der Waals surface area contributed by atoms with Crippen LogP contribution in [0.25, 0.3) is 5.65 Å². The quantitative estimate of drug-likeness (QED) is 0.923. The minimum absolute atomic E-state index is 0.0270. The van der Waals surface area contributed by atoms with Crippen molar-refractivity contribution in [1.82, 2.24) is 14.6 Å². The average molecular weight is 261 g/mol. The van der Waals surface area contributed by atoms with Gasteiger partial charge in [0, 0.05) is 12.5 Å². The van der Waals surface area contributed by atoms with Gasteiger partial charge in [-0.1, -0.05) is 34.6 Å². The van der Waals surface area contributed by atoms with E-state index < -0.39 is 0 Å². The summed E-state index contributed by atoms with van der Waals surface area (Å²) in [5.41, 5.74) is 1.91. The fourth-order valence-corrected chi connectivity index (χ4v) is 2.27. The Labute approximate surface area is 113 Å². The van der Waals surface area contributed by atoms with Gasteiger partial charge < -0.3 is 0 Å². The number of hydrogen-bond donors (Lipinski definition) is 1. The lowest BCUT2D eigenvalue weighted by Crippen LogP contribution is -2.15. The fraction of sp³-hybridized carbons (Fsp3) is 0.600. The molecule has 4 nitrogen and oxygen atoms in total. The summed E-state index contributed by atoms with van der Waals surface area (Å²) in [5.74, 6) is 1.40. The van der Waals surface area contributed by atoms with Crippen LogP contribution in [0.3, 0.4) is 0 Å². The molecule has 0 unspecified atom stereocenters.